The Hall–Kier alpha value is -2.67. The van der Waals surface area contributed by atoms with Crippen molar-refractivity contribution in [3.05, 3.63) is 63.4 Å². The van der Waals surface area contributed by atoms with Gasteiger partial charge >= 0.3 is 11.9 Å². The van der Waals surface area contributed by atoms with Crippen molar-refractivity contribution in [3.63, 3.8) is 0 Å². The van der Waals surface area contributed by atoms with Gasteiger partial charge in [0.1, 0.15) is 0 Å². The van der Waals surface area contributed by atoms with E-state index in [1.54, 1.807) is 17.5 Å². The number of rotatable bonds is 4. The molecule has 2 aromatic rings. The Labute approximate surface area is 145 Å². The molecule has 1 aromatic heterocycles. The average molecular weight is 362 g/mol. The highest BCUT2D eigenvalue weighted by molar-refractivity contribution is 7.11. The molecule has 25 heavy (non-hydrogen) atoms. The lowest BCUT2D eigenvalue weighted by Gasteiger charge is -2.25. The van der Waals surface area contributed by atoms with Gasteiger partial charge in [0.2, 0.25) is 0 Å². The molecule has 1 aliphatic rings. The zero-order chi connectivity index (χ0) is 18.2. The van der Waals surface area contributed by atoms with Crippen molar-refractivity contribution in [2.45, 2.75) is 12.8 Å². The molecular formula is C18H12F2O4S. The predicted octanol–water partition coefficient (Wildman–Crippen LogP) is 3.78. The summed E-state index contributed by atoms with van der Waals surface area (Å²) in [5.74, 6) is -7.83. The van der Waals surface area contributed by atoms with Gasteiger partial charge in [-0.05, 0) is 18.4 Å². The molecular weight excluding hydrogens is 350 g/mol. The molecule has 0 atom stereocenters. The number of ketones is 2. The van der Waals surface area contributed by atoms with Gasteiger partial charge in [-0.2, -0.15) is 8.78 Å². The number of Topliss-reactive ketones (excluding diaryl/α,β-unsaturated/α-hetero) is 2. The number of esters is 1. The molecule has 0 saturated carbocycles. The maximum Gasteiger partial charge on any atom is 0.382 e. The Morgan fingerprint density at radius 1 is 1.08 bits per heavy atom. The van der Waals surface area contributed by atoms with Crippen LogP contribution >= 0.6 is 11.3 Å². The molecule has 0 amide bonds. The molecule has 128 valence electrons. The summed E-state index contributed by atoms with van der Waals surface area (Å²) in [7, 11) is 0. The van der Waals surface area contributed by atoms with Crippen molar-refractivity contribution in [2.75, 3.05) is 6.61 Å². The van der Waals surface area contributed by atoms with E-state index in [9.17, 15) is 23.2 Å². The molecule has 1 aliphatic carbocycles. The van der Waals surface area contributed by atoms with Gasteiger partial charge in [0, 0.05) is 16.0 Å². The minimum Gasteiger partial charge on any atom is -0.461 e. The van der Waals surface area contributed by atoms with Crippen LogP contribution in [0.5, 0.6) is 0 Å². The summed E-state index contributed by atoms with van der Waals surface area (Å²) >= 11 is 1.04. The minimum atomic E-state index is -4.23. The smallest absolute Gasteiger partial charge is 0.382 e. The van der Waals surface area contributed by atoms with Crippen LogP contribution in [0, 0.1) is 0 Å². The summed E-state index contributed by atoms with van der Waals surface area (Å²) in [6.45, 7) is 1.11. The van der Waals surface area contributed by atoms with Crippen molar-refractivity contribution < 1.29 is 27.9 Å². The minimum absolute atomic E-state index is 0.0410. The standard InChI is InChI=1S/C18H12F2O4S/c1-2-24-17(23)18(19,20)14-13(12-8-5-9-25-12)15(21)10-6-3-4-7-11(10)16(14)22/h3-9H,2H2,1H3. The van der Waals surface area contributed by atoms with Gasteiger partial charge in [0.15, 0.2) is 11.6 Å². The quantitative estimate of drug-likeness (QED) is 0.777. The third-order valence-electron chi connectivity index (χ3n) is 3.73. The Morgan fingerprint density at radius 3 is 2.28 bits per heavy atom. The predicted molar refractivity (Wildman–Crippen MR) is 87.9 cm³/mol. The van der Waals surface area contributed by atoms with Gasteiger partial charge in [0.05, 0.1) is 17.8 Å². The van der Waals surface area contributed by atoms with E-state index in [4.69, 9.17) is 0 Å². The molecule has 0 N–H and O–H groups in total. The van der Waals surface area contributed by atoms with Crippen LogP contribution in [0.15, 0.2) is 47.4 Å². The van der Waals surface area contributed by atoms with Crippen LogP contribution < -0.4 is 0 Å². The maximum atomic E-state index is 14.7. The summed E-state index contributed by atoms with van der Waals surface area (Å²) in [5.41, 5.74) is -1.68. The van der Waals surface area contributed by atoms with Crippen molar-refractivity contribution >= 4 is 34.4 Å². The van der Waals surface area contributed by atoms with Crippen molar-refractivity contribution in [2.24, 2.45) is 0 Å². The molecule has 0 bridgehead atoms. The van der Waals surface area contributed by atoms with Crippen molar-refractivity contribution in [1.29, 1.82) is 0 Å². The van der Waals surface area contributed by atoms with Crippen LogP contribution in [0.3, 0.4) is 0 Å². The SMILES string of the molecule is CCOC(=O)C(F)(F)C1=C(c2cccs2)C(=O)c2ccccc2C1=O. The first-order valence-electron chi connectivity index (χ1n) is 7.41. The molecule has 4 nitrogen and oxygen atoms in total. The van der Waals surface area contributed by atoms with E-state index in [1.807, 2.05) is 0 Å². The topological polar surface area (TPSA) is 60.4 Å². The summed E-state index contributed by atoms with van der Waals surface area (Å²) in [6, 6.07) is 8.75. The zero-order valence-electron chi connectivity index (χ0n) is 13.0. The molecule has 0 aliphatic heterocycles. The number of thiophene rings is 1. The monoisotopic (exact) mass is 362 g/mol. The normalized spacial score (nSPS) is 14.5. The van der Waals surface area contributed by atoms with E-state index in [1.165, 1.54) is 31.2 Å². The molecule has 7 heteroatoms. The number of benzene rings is 1. The highest BCUT2D eigenvalue weighted by Gasteiger charge is 2.53. The van der Waals surface area contributed by atoms with E-state index in [0.717, 1.165) is 11.3 Å². The summed E-state index contributed by atoms with van der Waals surface area (Å²) in [6.07, 6.45) is 0. The van der Waals surface area contributed by atoms with E-state index in [0.29, 0.717) is 0 Å². The number of carbonyl (C=O) groups is 3. The van der Waals surface area contributed by atoms with Crippen LogP contribution in [0.2, 0.25) is 0 Å². The second kappa shape index (κ2) is 6.33. The van der Waals surface area contributed by atoms with E-state index >= 15 is 0 Å². The molecule has 3 rings (SSSR count). The number of carbonyl (C=O) groups excluding carboxylic acids is 3. The first-order chi connectivity index (χ1) is 11.9. The first kappa shape index (κ1) is 17.2. The lowest BCUT2D eigenvalue weighted by atomic mass is 9.81. The molecule has 1 heterocycles. The summed E-state index contributed by atoms with van der Waals surface area (Å²) < 4.78 is 33.9. The third kappa shape index (κ3) is 2.70. The summed E-state index contributed by atoms with van der Waals surface area (Å²) in [4.78, 5) is 37.5. The van der Waals surface area contributed by atoms with Gasteiger partial charge < -0.3 is 4.74 Å². The van der Waals surface area contributed by atoms with Gasteiger partial charge in [-0.15, -0.1) is 11.3 Å². The number of ether oxygens (including phenoxy) is 1. The van der Waals surface area contributed by atoms with Gasteiger partial charge in [0.25, 0.3) is 0 Å². The highest BCUT2D eigenvalue weighted by Crippen LogP contribution is 2.41. The van der Waals surface area contributed by atoms with Crippen molar-refractivity contribution in [1.82, 2.24) is 0 Å². The first-order valence-corrected chi connectivity index (χ1v) is 8.29. The Bertz CT molecular complexity index is 898. The number of fused-ring (bicyclic) bond motifs is 1. The van der Waals surface area contributed by atoms with Crippen LogP contribution in [0.4, 0.5) is 8.78 Å². The number of allylic oxidation sites excluding steroid dienone is 1. The van der Waals surface area contributed by atoms with Gasteiger partial charge in [-0.1, -0.05) is 30.3 Å². The highest BCUT2D eigenvalue weighted by atomic mass is 32.1. The Kier molecular flexibility index (Phi) is 4.34. The van der Waals surface area contributed by atoms with E-state index < -0.39 is 34.6 Å². The van der Waals surface area contributed by atoms with Crippen LogP contribution in [-0.2, 0) is 9.53 Å². The lowest BCUT2D eigenvalue weighted by molar-refractivity contribution is -0.165. The number of hydrogen-bond donors (Lipinski definition) is 0. The Balaban J connectivity index is 2.29. The number of hydrogen-bond acceptors (Lipinski definition) is 5. The van der Waals surface area contributed by atoms with E-state index in [-0.39, 0.29) is 22.6 Å². The second-order valence-electron chi connectivity index (χ2n) is 5.23. The zero-order valence-corrected chi connectivity index (χ0v) is 13.9. The molecule has 0 spiro atoms. The second-order valence-corrected chi connectivity index (χ2v) is 6.17. The van der Waals surface area contributed by atoms with Crippen LogP contribution in [0.1, 0.15) is 32.5 Å². The van der Waals surface area contributed by atoms with Gasteiger partial charge in [-0.3, -0.25) is 9.59 Å². The molecule has 0 radical (unpaired) electrons. The van der Waals surface area contributed by atoms with Crippen LogP contribution in [-0.4, -0.2) is 30.1 Å². The lowest BCUT2D eigenvalue weighted by Crippen LogP contribution is -2.39. The summed E-state index contributed by atoms with van der Waals surface area (Å²) in [5, 5.41) is 1.60. The molecule has 1 aromatic carbocycles. The van der Waals surface area contributed by atoms with Crippen LogP contribution in [0.25, 0.3) is 5.57 Å². The molecule has 0 saturated heterocycles. The Morgan fingerprint density at radius 2 is 1.72 bits per heavy atom. The molecule has 0 unspecified atom stereocenters. The fourth-order valence-electron chi connectivity index (χ4n) is 2.65. The fourth-order valence-corrected chi connectivity index (χ4v) is 3.43. The molecule has 0 fully saturated rings. The van der Waals surface area contributed by atoms with E-state index in [2.05, 4.69) is 4.74 Å². The number of halogens is 2. The van der Waals surface area contributed by atoms with Gasteiger partial charge in [-0.25, -0.2) is 4.79 Å². The fraction of sp³-hybridized carbons (Fsp3) is 0.167. The van der Waals surface area contributed by atoms with Crippen molar-refractivity contribution in [3.8, 4) is 0 Å². The average Bonchev–Trinajstić information content (AvgIpc) is 3.12. The number of alkyl halides is 2. The maximum absolute atomic E-state index is 14.7. The largest absolute Gasteiger partial charge is 0.461 e. The third-order valence-corrected chi connectivity index (χ3v) is 4.62.